The highest BCUT2D eigenvalue weighted by molar-refractivity contribution is 6.01. The van der Waals surface area contributed by atoms with E-state index in [4.69, 9.17) is 0 Å². The molecule has 1 N–H and O–H groups in total. The largest absolute Gasteiger partial charge is 0.351 e. The molecule has 5 rings (SSSR count). The zero-order chi connectivity index (χ0) is 25.2. The molecule has 2 aromatic rings. The predicted molar refractivity (Wildman–Crippen MR) is 139 cm³/mol. The maximum absolute atomic E-state index is 13.2. The quantitative estimate of drug-likeness (QED) is 0.711. The van der Waals surface area contributed by atoms with Crippen LogP contribution in [0.1, 0.15) is 54.0 Å². The van der Waals surface area contributed by atoms with Gasteiger partial charge in [0.2, 0.25) is 0 Å². The van der Waals surface area contributed by atoms with Crippen molar-refractivity contribution in [1.29, 1.82) is 0 Å². The predicted octanol–water partition coefficient (Wildman–Crippen LogP) is 2.70. The SMILES string of the molecule is CC(C)N1CCN(C(=O)c2ccc3[nH]c(C(=O)N4CCN(C(=O)N5CCCCC5)CC4)cc3c2)CC1. The van der Waals surface area contributed by atoms with Crippen molar-refractivity contribution in [3.8, 4) is 0 Å². The van der Waals surface area contributed by atoms with Crippen molar-refractivity contribution in [2.45, 2.75) is 39.2 Å². The molecule has 0 unspecified atom stereocenters. The molecule has 3 fully saturated rings. The summed E-state index contributed by atoms with van der Waals surface area (Å²) in [6.45, 7) is 11.5. The molecule has 1 aromatic carbocycles. The number of carbonyl (C=O) groups is 3. The molecule has 0 atom stereocenters. The third-order valence-corrected chi connectivity index (χ3v) is 7.89. The van der Waals surface area contributed by atoms with Crippen LogP contribution in [-0.4, -0.2) is 119 Å². The number of aromatic amines is 1. The monoisotopic (exact) mass is 494 g/mol. The molecule has 0 spiro atoms. The van der Waals surface area contributed by atoms with Crippen LogP contribution in [0.15, 0.2) is 24.3 Å². The Morgan fingerprint density at radius 2 is 1.28 bits per heavy atom. The van der Waals surface area contributed by atoms with Crippen LogP contribution in [0.2, 0.25) is 0 Å². The minimum Gasteiger partial charge on any atom is -0.351 e. The minimum atomic E-state index is -0.0612. The molecular weight excluding hydrogens is 456 g/mol. The molecule has 9 nitrogen and oxygen atoms in total. The molecule has 3 aliphatic rings. The molecule has 0 aliphatic carbocycles. The number of aromatic nitrogens is 1. The lowest BCUT2D eigenvalue weighted by atomic mass is 10.1. The Kier molecular flexibility index (Phi) is 7.18. The lowest BCUT2D eigenvalue weighted by Crippen LogP contribution is -2.54. The summed E-state index contributed by atoms with van der Waals surface area (Å²) in [5.41, 5.74) is 2.03. The average Bonchev–Trinajstić information content (AvgIpc) is 3.36. The summed E-state index contributed by atoms with van der Waals surface area (Å²) in [6.07, 6.45) is 3.35. The van der Waals surface area contributed by atoms with Gasteiger partial charge in [-0.1, -0.05) is 0 Å². The van der Waals surface area contributed by atoms with Gasteiger partial charge in [0.25, 0.3) is 11.8 Å². The van der Waals surface area contributed by atoms with Gasteiger partial charge in [0.05, 0.1) is 0 Å². The molecule has 194 valence electrons. The standard InChI is InChI=1S/C27H38N6O3/c1-20(2)29-10-12-30(13-11-29)25(34)21-6-7-23-22(18-21)19-24(28-23)26(35)31-14-16-33(17-15-31)27(36)32-8-4-3-5-9-32/h6-7,18-20,28H,3-5,8-17H2,1-2H3. The molecule has 3 aliphatic heterocycles. The molecule has 4 amide bonds. The number of urea groups is 1. The third-order valence-electron chi connectivity index (χ3n) is 7.89. The van der Waals surface area contributed by atoms with Gasteiger partial charge in [-0.3, -0.25) is 14.5 Å². The number of piperidine rings is 1. The van der Waals surface area contributed by atoms with Crippen molar-refractivity contribution in [1.82, 2.24) is 29.5 Å². The number of H-pyrrole nitrogens is 1. The third kappa shape index (κ3) is 5.07. The van der Waals surface area contributed by atoms with Crippen molar-refractivity contribution in [3.63, 3.8) is 0 Å². The van der Waals surface area contributed by atoms with Gasteiger partial charge in [-0.2, -0.15) is 0 Å². The van der Waals surface area contributed by atoms with Crippen molar-refractivity contribution in [2.75, 3.05) is 65.4 Å². The minimum absolute atomic E-state index is 0.0453. The van der Waals surface area contributed by atoms with E-state index in [2.05, 4.69) is 23.7 Å². The number of fused-ring (bicyclic) bond motifs is 1. The molecule has 0 bridgehead atoms. The maximum atomic E-state index is 13.2. The first-order chi connectivity index (χ1) is 17.4. The van der Waals surface area contributed by atoms with Crippen LogP contribution < -0.4 is 0 Å². The Bertz CT molecular complexity index is 1110. The first kappa shape index (κ1) is 24.6. The topological polar surface area (TPSA) is 83.2 Å². The van der Waals surface area contributed by atoms with Crippen LogP contribution in [0.4, 0.5) is 4.79 Å². The Labute approximate surface area is 213 Å². The van der Waals surface area contributed by atoms with E-state index in [0.29, 0.717) is 43.5 Å². The van der Waals surface area contributed by atoms with Gasteiger partial charge in [-0.15, -0.1) is 0 Å². The average molecular weight is 495 g/mol. The number of rotatable bonds is 3. The van der Waals surface area contributed by atoms with E-state index in [-0.39, 0.29) is 17.8 Å². The Morgan fingerprint density at radius 3 is 1.94 bits per heavy atom. The van der Waals surface area contributed by atoms with Crippen LogP contribution in [-0.2, 0) is 0 Å². The van der Waals surface area contributed by atoms with E-state index in [1.54, 1.807) is 0 Å². The van der Waals surface area contributed by atoms with E-state index < -0.39 is 0 Å². The van der Waals surface area contributed by atoms with Crippen LogP contribution in [0, 0.1) is 0 Å². The fourth-order valence-electron chi connectivity index (χ4n) is 5.56. The van der Waals surface area contributed by atoms with Gasteiger partial charge < -0.3 is 24.6 Å². The second-order valence-corrected chi connectivity index (χ2v) is 10.5. The van der Waals surface area contributed by atoms with E-state index in [1.807, 2.05) is 43.9 Å². The number of nitrogens with zero attached hydrogens (tertiary/aromatic N) is 5. The highest BCUT2D eigenvalue weighted by Gasteiger charge is 2.29. The molecule has 0 saturated carbocycles. The van der Waals surface area contributed by atoms with E-state index in [1.165, 1.54) is 6.42 Å². The van der Waals surface area contributed by atoms with Gasteiger partial charge in [0.1, 0.15) is 5.69 Å². The number of carbonyl (C=O) groups excluding carboxylic acids is 3. The van der Waals surface area contributed by atoms with Crippen molar-refractivity contribution < 1.29 is 14.4 Å². The normalized spacial score (nSPS) is 19.9. The summed E-state index contributed by atoms with van der Waals surface area (Å²) in [5.74, 6) is -0.0159. The van der Waals surface area contributed by atoms with Crippen molar-refractivity contribution >= 4 is 28.7 Å². The lowest BCUT2D eigenvalue weighted by Gasteiger charge is -2.38. The highest BCUT2D eigenvalue weighted by Crippen LogP contribution is 2.21. The first-order valence-corrected chi connectivity index (χ1v) is 13.4. The number of nitrogens with one attached hydrogen (secondary N) is 1. The number of hydrogen-bond donors (Lipinski definition) is 1. The Hall–Kier alpha value is -3.07. The van der Waals surface area contributed by atoms with Gasteiger partial charge in [0, 0.05) is 88.0 Å². The van der Waals surface area contributed by atoms with Crippen molar-refractivity contribution in [3.05, 3.63) is 35.5 Å². The van der Waals surface area contributed by atoms with Gasteiger partial charge in [0.15, 0.2) is 0 Å². The summed E-state index contributed by atoms with van der Waals surface area (Å²) in [5, 5.41) is 0.865. The second kappa shape index (κ2) is 10.5. The molecule has 0 radical (unpaired) electrons. The summed E-state index contributed by atoms with van der Waals surface area (Å²) >= 11 is 0. The van der Waals surface area contributed by atoms with E-state index >= 15 is 0 Å². The fourth-order valence-corrected chi connectivity index (χ4v) is 5.56. The summed E-state index contributed by atoms with van der Waals surface area (Å²) in [7, 11) is 0. The van der Waals surface area contributed by atoms with Crippen LogP contribution in [0.5, 0.6) is 0 Å². The lowest BCUT2D eigenvalue weighted by molar-refractivity contribution is 0.0595. The van der Waals surface area contributed by atoms with Gasteiger partial charge in [-0.05, 0) is 57.4 Å². The number of benzene rings is 1. The zero-order valence-corrected chi connectivity index (χ0v) is 21.5. The number of amides is 4. The first-order valence-electron chi connectivity index (χ1n) is 13.4. The smallest absolute Gasteiger partial charge is 0.320 e. The summed E-state index contributed by atoms with van der Waals surface area (Å²) < 4.78 is 0. The maximum Gasteiger partial charge on any atom is 0.320 e. The van der Waals surface area contributed by atoms with Crippen molar-refractivity contribution in [2.24, 2.45) is 0 Å². The molecule has 3 saturated heterocycles. The highest BCUT2D eigenvalue weighted by atomic mass is 16.2. The Balaban J connectivity index is 1.20. The zero-order valence-electron chi connectivity index (χ0n) is 21.5. The summed E-state index contributed by atoms with van der Waals surface area (Å²) in [4.78, 5) is 52.2. The van der Waals surface area contributed by atoms with Crippen LogP contribution in [0.3, 0.4) is 0 Å². The fraction of sp³-hybridized carbons (Fsp3) is 0.593. The Morgan fingerprint density at radius 1 is 0.694 bits per heavy atom. The van der Waals surface area contributed by atoms with Gasteiger partial charge in [-0.25, -0.2) is 4.79 Å². The van der Waals surface area contributed by atoms with E-state index in [9.17, 15) is 14.4 Å². The number of piperazine rings is 2. The van der Waals surface area contributed by atoms with E-state index in [0.717, 1.165) is 63.0 Å². The molecular formula is C27H38N6O3. The number of likely N-dealkylation sites (tertiary alicyclic amines) is 1. The van der Waals surface area contributed by atoms with Gasteiger partial charge >= 0.3 is 6.03 Å². The number of hydrogen-bond acceptors (Lipinski definition) is 4. The molecule has 9 heteroatoms. The second-order valence-electron chi connectivity index (χ2n) is 10.5. The molecule has 4 heterocycles. The van der Waals surface area contributed by atoms with Crippen LogP contribution in [0.25, 0.3) is 10.9 Å². The molecule has 36 heavy (non-hydrogen) atoms. The van der Waals surface area contributed by atoms with Crippen LogP contribution >= 0.6 is 0 Å². The molecule has 1 aromatic heterocycles. The summed E-state index contributed by atoms with van der Waals surface area (Å²) in [6, 6.07) is 8.06.